The molecule has 1 aromatic carbocycles. The second kappa shape index (κ2) is 8.74. The first kappa shape index (κ1) is 18.3. The highest BCUT2D eigenvalue weighted by atomic mass is 32.1. The largest absolute Gasteiger partial charge is 0.373 e. The lowest BCUT2D eigenvalue weighted by molar-refractivity contribution is -0.121. The number of para-hydroxylation sites is 1. The van der Waals surface area contributed by atoms with Gasteiger partial charge in [0.1, 0.15) is 0 Å². The second-order valence-corrected chi connectivity index (χ2v) is 7.91. The molecule has 0 bridgehead atoms. The molecular weight excluding hydrogens is 334 g/mol. The number of hydrogen-bond donors (Lipinski definition) is 1. The highest BCUT2D eigenvalue weighted by Gasteiger charge is 2.21. The number of hydrogen-bond acceptors (Lipinski definition) is 5. The fourth-order valence-electron chi connectivity index (χ4n) is 3.33. The lowest BCUT2D eigenvalue weighted by Crippen LogP contribution is -2.46. The van der Waals surface area contributed by atoms with Gasteiger partial charge >= 0.3 is 0 Å². The summed E-state index contributed by atoms with van der Waals surface area (Å²) < 4.78 is 6.93. The molecule has 1 aromatic heterocycles. The van der Waals surface area contributed by atoms with Crippen LogP contribution in [-0.2, 0) is 16.0 Å². The molecule has 136 valence electrons. The van der Waals surface area contributed by atoms with E-state index in [1.807, 2.05) is 18.2 Å². The third kappa shape index (κ3) is 5.49. The molecule has 0 radical (unpaired) electrons. The van der Waals surface area contributed by atoms with Gasteiger partial charge in [-0.25, -0.2) is 4.98 Å². The molecule has 0 unspecified atom stereocenters. The van der Waals surface area contributed by atoms with Gasteiger partial charge in [-0.15, -0.1) is 11.3 Å². The zero-order valence-electron chi connectivity index (χ0n) is 15.0. The average molecular weight is 362 g/mol. The zero-order chi connectivity index (χ0) is 17.6. The summed E-state index contributed by atoms with van der Waals surface area (Å²) in [6.07, 6.45) is 2.79. The molecule has 5 nitrogen and oxygen atoms in total. The Morgan fingerprint density at radius 1 is 1.32 bits per heavy atom. The van der Waals surface area contributed by atoms with Crippen LogP contribution in [0.4, 0.5) is 0 Å². The van der Waals surface area contributed by atoms with Crippen molar-refractivity contribution in [1.82, 2.24) is 15.2 Å². The van der Waals surface area contributed by atoms with Crippen LogP contribution in [0, 0.1) is 0 Å². The Morgan fingerprint density at radius 3 is 2.84 bits per heavy atom. The number of aromatic nitrogens is 1. The highest BCUT2D eigenvalue weighted by molar-refractivity contribution is 7.18. The van der Waals surface area contributed by atoms with E-state index in [1.165, 1.54) is 4.70 Å². The van der Waals surface area contributed by atoms with E-state index in [9.17, 15) is 4.79 Å². The Labute approximate surface area is 153 Å². The van der Waals surface area contributed by atoms with Gasteiger partial charge in [0, 0.05) is 39.0 Å². The predicted molar refractivity (Wildman–Crippen MR) is 102 cm³/mol. The van der Waals surface area contributed by atoms with Crippen LogP contribution in [0.5, 0.6) is 0 Å². The van der Waals surface area contributed by atoms with Crippen molar-refractivity contribution in [2.75, 3.05) is 26.2 Å². The number of thiazole rings is 1. The number of nitrogens with zero attached hydrogens (tertiary/aromatic N) is 2. The van der Waals surface area contributed by atoms with E-state index in [2.05, 4.69) is 35.1 Å². The number of ether oxygens (including phenoxy) is 1. The summed E-state index contributed by atoms with van der Waals surface area (Å²) in [6, 6.07) is 8.11. The van der Waals surface area contributed by atoms with Crippen LogP contribution in [0.2, 0.25) is 0 Å². The summed E-state index contributed by atoms with van der Waals surface area (Å²) in [5.41, 5.74) is 1.02. The SMILES string of the molecule is C[C@@H]1CN(CCCNC(=O)CCc2nc3ccccc3s2)C[C@@H](C)O1. The van der Waals surface area contributed by atoms with Crippen molar-refractivity contribution in [3.05, 3.63) is 29.3 Å². The zero-order valence-corrected chi connectivity index (χ0v) is 15.8. The third-order valence-electron chi connectivity index (χ3n) is 4.37. The van der Waals surface area contributed by atoms with E-state index in [4.69, 9.17) is 4.74 Å². The van der Waals surface area contributed by atoms with Crippen molar-refractivity contribution in [3.8, 4) is 0 Å². The number of morpholine rings is 1. The van der Waals surface area contributed by atoms with Crippen molar-refractivity contribution in [1.29, 1.82) is 0 Å². The number of carbonyl (C=O) groups excluding carboxylic acids is 1. The Morgan fingerprint density at radius 2 is 2.08 bits per heavy atom. The molecule has 6 heteroatoms. The van der Waals surface area contributed by atoms with Gasteiger partial charge in [-0.2, -0.15) is 0 Å². The molecule has 25 heavy (non-hydrogen) atoms. The van der Waals surface area contributed by atoms with Crippen LogP contribution in [-0.4, -0.2) is 54.2 Å². The summed E-state index contributed by atoms with van der Waals surface area (Å²) >= 11 is 1.68. The average Bonchev–Trinajstić information content (AvgIpc) is 2.99. The first-order valence-electron chi connectivity index (χ1n) is 9.09. The fourth-order valence-corrected chi connectivity index (χ4v) is 4.30. The van der Waals surface area contributed by atoms with Crippen LogP contribution >= 0.6 is 11.3 Å². The fraction of sp³-hybridized carbons (Fsp3) is 0.579. The summed E-state index contributed by atoms with van der Waals surface area (Å²) in [6.45, 7) is 7.94. The van der Waals surface area contributed by atoms with Gasteiger partial charge in [-0.3, -0.25) is 9.69 Å². The van der Waals surface area contributed by atoms with Crippen molar-refractivity contribution in [2.24, 2.45) is 0 Å². The van der Waals surface area contributed by atoms with Crippen LogP contribution in [0.25, 0.3) is 10.2 Å². The number of carbonyl (C=O) groups is 1. The molecule has 1 saturated heterocycles. The molecule has 2 heterocycles. The molecule has 1 amide bonds. The van der Waals surface area contributed by atoms with Crippen LogP contribution < -0.4 is 5.32 Å². The van der Waals surface area contributed by atoms with Gasteiger partial charge in [-0.05, 0) is 32.4 Å². The minimum absolute atomic E-state index is 0.114. The van der Waals surface area contributed by atoms with Gasteiger partial charge in [0.15, 0.2) is 0 Å². The van der Waals surface area contributed by atoms with Crippen molar-refractivity contribution in [2.45, 2.75) is 45.3 Å². The van der Waals surface area contributed by atoms with E-state index in [0.717, 1.165) is 43.1 Å². The van der Waals surface area contributed by atoms with Crippen LogP contribution in [0.15, 0.2) is 24.3 Å². The number of amides is 1. The molecule has 1 N–H and O–H groups in total. The van der Waals surface area contributed by atoms with E-state index in [0.29, 0.717) is 25.0 Å². The van der Waals surface area contributed by atoms with Gasteiger partial charge < -0.3 is 10.1 Å². The van der Waals surface area contributed by atoms with Crippen molar-refractivity contribution in [3.63, 3.8) is 0 Å². The molecule has 2 atom stereocenters. The Balaban J connectivity index is 1.33. The molecule has 3 rings (SSSR count). The Bertz CT molecular complexity index is 660. The summed E-state index contributed by atoms with van der Waals surface area (Å²) in [5, 5.41) is 4.06. The molecule has 0 spiro atoms. The molecule has 1 fully saturated rings. The van der Waals surface area contributed by atoms with E-state index < -0.39 is 0 Å². The normalized spacial score (nSPS) is 21.5. The van der Waals surface area contributed by atoms with Gasteiger partial charge in [0.2, 0.25) is 5.91 Å². The maximum absolute atomic E-state index is 12.0. The third-order valence-corrected chi connectivity index (χ3v) is 5.47. The molecule has 1 aliphatic heterocycles. The van der Waals surface area contributed by atoms with Gasteiger partial charge in [0.05, 0.1) is 27.4 Å². The van der Waals surface area contributed by atoms with E-state index in [1.54, 1.807) is 11.3 Å². The second-order valence-electron chi connectivity index (χ2n) is 6.80. The number of fused-ring (bicyclic) bond motifs is 1. The number of benzene rings is 1. The molecule has 1 aliphatic rings. The lowest BCUT2D eigenvalue weighted by Gasteiger charge is -2.35. The topological polar surface area (TPSA) is 54.5 Å². The first-order valence-corrected chi connectivity index (χ1v) is 9.91. The van der Waals surface area contributed by atoms with Crippen molar-refractivity contribution >= 4 is 27.5 Å². The molecule has 2 aromatic rings. The maximum Gasteiger partial charge on any atom is 0.220 e. The lowest BCUT2D eigenvalue weighted by atomic mass is 10.2. The smallest absolute Gasteiger partial charge is 0.220 e. The van der Waals surface area contributed by atoms with Crippen LogP contribution in [0.3, 0.4) is 0 Å². The minimum Gasteiger partial charge on any atom is -0.373 e. The Hall–Kier alpha value is -1.50. The minimum atomic E-state index is 0.114. The summed E-state index contributed by atoms with van der Waals surface area (Å²) in [4.78, 5) is 19.0. The van der Waals surface area contributed by atoms with Gasteiger partial charge in [-0.1, -0.05) is 12.1 Å². The summed E-state index contributed by atoms with van der Waals surface area (Å²) in [7, 11) is 0. The van der Waals surface area contributed by atoms with E-state index in [-0.39, 0.29) is 5.91 Å². The Kier molecular flexibility index (Phi) is 6.39. The maximum atomic E-state index is 12.0. The number of nitrogens with one attached hydrogen (secondary N) is 1. The van der Waals surface area contributed by atoms with Crippen molar-refractivity contribution < 1.29 is 9.53 Å². The molecular formula is C19H27N3O2S. The monoisotopic (exact) mass is 361 g/mol. The number of rotatable bonds is 7. The predicted octanol–water partition coefficient (Wildman–Crippen LogP) is 2.84. The molecule has 0 aliphatic carbocycles. The summed E-state index contributed by atoms with van der Waals surface area (Å²) in [5.74, 6) is 0.114. The highest BCUT2D eigenvalue weighted by Crippen LogP contribution is 2.22. The standard InChI is InChI=1S/C19H27N3O2S/c1-14-12-22(13-15(2)24-14)11-5-10-20-18(23)8-9-19-21-16-6-3-4-7-17(16)25-19/h3-4,6-7,14-15H,5,8-13H2,1-2H3,(H,20,23)/t14-,15-/m1/s1. The first-order chi connectivity index (χ1) is 12.1. The van der Waals surface area contributed by atoms with E-state index >= 15 is 0 Å². The number of aryl methyl sites for hydroxylation is 1. The quantitative estimate of drug-likeness (QED) is 0.771. The van der Waals surface area contributed by atoms with Gasteiger partial charge in [0.25, 0.3) is 0 Å². The van der Waals surface area contributed by atoms with Crippen LogP contribution in [0.1, 0.15) is 31.7 Å². The molecule has 0 saturated carbocycles.